The summed E-state index contributed by atoms with van der Waals surface area (Å²) in [5, 5.41) is 6.91. The van der Waals surface area contributed by atoms with Crippen LogP contribution in [0.25, 0.3) is 93.6 Å². The number of nitrogens with zero attached hydrogens (tertiary/aromatic N) is 1. The molecule has 3 aromatic heterocycles. The Kier molecular flexibility index (Phi) is 5.00. The molecule has 0 atom stereocenters. The van der Waals surface area contributed by atoms with Gasteiger partial charge in [0.25, 0.3) is 0 Å². The number of rotatable bonds is 3. The summed E-state index contributed by atoms with van der Waals surface area (Å²) < 4.78 is 15.4. The lowest BCUT2D eigenvalue weighted by atomic mass is 9.98. The lowest BCUT2D eigenvalue weighted by molar-refractivity contribution is 0.666. The molecular weight excluding hydrogens is 550 g/mol. The lowest BCUT2D eigenvalue weighted by Gasteiger charge is -2.09. The highest BCUT2D eigenvalue weighted by Gasteiger charge is 2.20. The predicted octanol–water partition coefficient (Wildman–Crippen LogP) is 11.9. The van der Waals surface area contributed by atoms with E-state index in [1.807, 2.05) is 12.1 Å². The van der Waals surface area contributed by atoms with Gasteiger partial charge in [0.15, 0.2) is 5.58 Å². The van der Waals surface area contributed by atoms with Crippen LogP contribution in [0.2, 0.25) is 0 Å². The molecule has 3 heterocycles. The molecule has 0 saturated heterocycles. The van der Waals surface area contributed by atoms with E-state index in [1.165, 1.54) is 21.9 Å². The van der Waals surface area contributed by atoms with Crippen molar-refractivity contribution in [1.82, 2.24) is 4.57 Å². The zero-order chi connectivity index (χ0) is 29.5. The minimum absolute atomic E-state index is 0.867. The number of fused-ring (bicyclic) bond motifs is 9. The highest BCUT2D eigenvalue weighted by atomic mass is 16.3. The van der Waals surface area contributed by atoms with E-state index >= 15 is 0 Å². The Bertz CT molecular complexity index is 2760. The van der Waals surface area contributed by atoms with Crippen molar-refractivity contribution in [1.29, 1.82) is 0 Å². The van der Waals surface area contributed by atoms with Crippen LogP contribution in [0, 0.1) is 0 Å². The standard InChI is InChI=1S/C42H25NO2/c1-2-10-26(11-3-1)27-21-23-36-34(24-27)30-12-4-6-16-35(30)43(36)37-17-8-15-33-41-29(14-9-19-39(41)45-42(33)37)28-20-22-32-31-13-5-7-18-38(31)44-40(32)25-28/h1-25H. The first-order valence-corrected chi connectivity index (χ1v) is 15.3. The normalized spacial score (nSPS) is 12.0. The van der Waals surface area contributed by atoms with Crippen LogP contribution >= 0.6 is 0 Å². The molecule has 0 radical (unpaired) electrons. The van der Waals surface area contributed by atoms with E-state index in [4.69, 9.17) is 8.83 Å². The van der Waals surface area contributed by atoms with Crippen LogP contribution in [0.4, 0.5) is 0 Å². The van der Waals surface area contributed by atoms with E-state index in [9.17, 15) is 0 Å². The van der Waals surface area contributed by atoms with Gasteiger partial charge in [-0.3, -0.25) is 0 Å². The van der Waals surface area contributed by atoms with Crippen molar-refractivity contribution in [2.75, 3.05) is 0 Å². The second-order valence-corrected chi connectivity index (χ2v) is 11.7. The topological polar surface area (TPSA) is 31.2 Å². The first-order valence-electron chi connectivity index (χ1n) is 15.3. The molecule has 0 aliphatic carbocycles. The molecule has 0 aliphatic rings. The quantitative estimate of drug-likeness (QED) is 0.210. The van der Waals surface area contributed by atoms with Crippen LogP contribution in [0.5, 0.6) is 0 Å². The molecule has 0 fully saturated rings. The van der Waals surface area contributed by atoms with Gasteiger partial charge < -0.3 is 13.4 Å². The van der Waals surface area contributed by atoms with Gasteiger partial charge in [-0.25, -0.2) is 0 Å². The van der Waals surface area contributed by atoms with Crippen molar-refractivity contribution >= 4 is 65.7 Å². The van der Waals surface area contributed by atoms with Gasteiger partial charge in [0.05, 0.1) is 16.7 Å². The lowest BCUT2D eigenvalue weighted by Crippen LogP contribution is -1.94. The highest BCUT2D eigenvalue weighted by molar-refractivity contribution is 6.17. The van der Waals surface area contributed by atoms with E-state index in [0.717, 1.165) is 71.7 Å². The number of hydrogen-bond acceptors (Lipinski definition) is 2. The number of aromatic nitrogens is 1. The molecule has 10 aromatic rings. The van der Waals surface area contributed by atoms with Crippen LogP contribution in [0.15, 0.2) is 160 Å². The summed E-state index contributed by atoms with van der Waals surface area (Å²) in [5.74, 6) is 0. The third-order valence-corrected chi connectivity index (χ3v) is 9.21. The fourth-order valence-electron chi connectivity index (χ4n) is 7.19. The molecule has 7 aromatic carbocycles. The molecule has 10 rings (SSSR count). The zero-order valence-corrected chi connectivity index (χ0v) is 24.2. The van der Waals surface area contributed by atoms with Crippen molar-refractivity contribution in [2.24, 2.45) is 0 Å². The molecule has 210 valence electrons. The second kappa shape index (κ2) is 9.22. The Morgan fingerprint density at radius 1 is 0.378 bits per heavy atom. The average Bonchev–Trinajstić information content (AvgIpc) is 3.77. The SMILES string of the molecule is c1ccc(-c2ccc3c(c2)c2ccccc2n3-c2cccc3c2oc2cccc(-c4ccc5c(c4)oc4ccccc45)c23)cc1. The Morgan fingerprint density at radius 3 is 2.02 bits per heavy atom. The van der Waals surface area contributed by atoms with Crippen LogP contribution in [0.1, 0.15) is 0 Å². The first kappa shape index (κ1) is 24.4. The first-order chi connectivity index (χ1) is 22.3. The molecular formula is C42H25NO2. The minimum atomic E-state index is 0.867. The van der Waals surface area contributed by atoms with E-state index in [1.54, 1.807) is 0 Å². The number of hydrogen-bond donors (Lipinski definition) is 0. The van der Waals surface area contributed by atoms with E-state index in [2.05, 4.69) is 144 Å². The van der Waals surface area contributed by atoms with Gasteiger partial charge >= 0.3 is 0 Å². The summed E-state index contributed by atoms with van der Waals surface area (Å²) in [7, 11) is 0. The summed E-state index contributed by atoms with van der Waals surface area (Å²) in [5.41, 5.74) is 11.5. The molecule has 3 heteroatoms. The number of para-hydroxylation sites is 3. The van der Waals surface area contributed by atoms with Crippen molar-refractivity contribution < 1.29 is 8.83 Å². The maximum Gasteiger partial charge on any atom is 0.159 e. The minimum Gasteiger partial charge on any atom is -0.456 e. The maximum absolute atomic E-state index is 6.75. The van der Waals surface area contributed by atoms with Crippen molar-refractivity contribution in [3.8, 4) is 27.9 Å². The van der Waals surface area contributed by atoms with Crippen molar-refractivity contribution in [2.45, 2.75) is 0 Å². The summed E-state index contributed by atoms with van der Waals surface area (Å²) in [6.45, 7) is 0. The Hall–Kier alpha value is -6.06. The summed E-state index contributed by atoms with van der Waals surface area (Å²) in [6.07, 6.45) is 0. The smallest absolute Gasteiger partial charge is 0.159 e. The van der Waals surface area contributed by atoms with E-state index in [-0.39, 0.29) is 0 Å². The van der Waals surface area contributed by atoms with Gasteiger partial charge in [0.2, 0.25) is 0 Å². The molecule has 0 saturated carbocycles. The Balaban J connectivity index is 1.21. The third-order valence-electron chi connectivity index (χ3n) is 9.21. The van der Waals surface area contributed by atoms with Gasteiger partial charge in [-0.05, 0) is 70.8 Å². The molecule has 0 amide bonds. The summed E-state index contributed by atoms with van der Waals surface area (Å²) >= 11 is 0. The molecule has 0 N–H and O–H groups in total. The van der Waals surface area contributed by atoms with Crippen LogP contribution < -0.4 is 0 Å². The largest absolute Gasteiger partial charge is 0.456 e. The van der Waals surface area contributed by atoms with E-state index < -0.39 is 0 Å². The molecule has 45 heavy (non-hydrogen) atoms. The summed E-state index contributed by atoms with van der Waals surface area (Å²) in [4.78, 5) is 0. The van der Waals surface area contributed by atoms with Gasteiger partial charge in [-0.1, -0.05) is 103 Å². The predicted molar refractivity (Wildman–Crippen MR) is 186 cm³/mol. The van der Waals surface area contributed by atoms with Gasteiger partial charge in [-0.15, -0.1) is 0 Å². The van der Waals surface area contributed by atoms with Gasteiger partial charge in [-0.2, -0.15) is 0 Å². The third kappa shape index (κ3) is 3.52. The van der Waals surface area contributed by atoms with Crippen LogP contribution in [0.3, 0.4) is 0 Å². The number of furan rings is 2. The Morgan fingerprint density at radius 2 is 1.09 bits per heavy atom. The van der Waals surface area contributed by atoms with Gasteiger partial charge in [0, 0.05) is 32.3 Å². The zero-order valence-electron chi connectivity index (χ0n) is 24.2. The van der Waals surface area contributed by atoms with Crippen molar-refractivity contribution in [3.63, 3.8) is 0 Å². The number of benzene rings is 7. The molecule has 3 nitrogen and oxygen atoms in total. The fourth-order valence-corrected chi connectivity index (χ4v) is 7.19. The molecule has 0 unspecified atom stereocenters. The van der Waals surface area contributed by atoms with Crippen LogP contribution in [-0.2, 0) is 0 Å². The summed E-state index contributed by atoms with van der Waals surface area (Å²) in [6, 6.07) is 53.5. The van der Waals surface area contributed by atoms with Gasteiger partial charge in [0.1, 0.15) is 16.7 Å². The van der Waals surface area contributed by atoms with Crippen molar-refractivity contribution in [3.05, 3.63) is 152 Å². The average molecular weight is 576 g/mol. The molecule has 0 aliphatic heterocycles. The fraction of sp³-hybridized carbons (Fsp3) is 0. The second-order valence-electron chi connectivity index (χ2n) is 11.7. The van der Waals surface area contributed by atoms with Crippen LogP contribution in [-0.4, -0.2) is 4.57 Å². The molecule has 0 spiro atoms. The molecule has 0 bridgehead atoms. The van der Waals surface area contributed by atoms with E-state index in [0.29, 0.717) is 0 Å². The Labute approximate surface area is 258 Å². The monoisotopic (exact) mass is 575 g/mol. The maximum atomic E-state index is 6.75. The highest BCUT2D eigenvalue weighted by Crippen LogP contribution is 2.42.